The number of sulfonamides is 1. The number of nitrogens with one attached hydrogen (secondary N) is 1. The van der Waals surface area contributed by atoms with E-state index >= 15 is 0 Å². The highest BCUT2D eigenvalue weighted by Crippen LogP contribution is 2.12. The molecule has 0 saturated heterocycles. The van der Waals surface area contributed by atoms with E-state index in [0.29, 0.717) is 5.69 Å². The number of hydrogen-bond donors (Lipinski definition) is 2. The summed E-state index contributed by atoms with van der Waals surface area (Å²) in [7, 11) is -3.76. The van der Waals surface area contributed by atoms with Gasteiger partial charge in [-0.05, 0) is 31.2 Å². The first-order chi connectivity index (χ1) is 8.82. The average Bonchev–Trinajstić information content (AvgIpc) is 2.28. The summed E-state index contributed by atoms with van der Waals surface area (Å²) in [6.45, 7) is 1.84. The molecular formula is C11H14N2O5S. The van der Waals surface area contributed by atoms with Crippen molar-refractivity contribution >= 4 is 27.6 Å². The molecule has 0 bridgehead atoms. The lowest BCUT2D eigenvalue weighted by Gasteiger charge is -2.05. The van der Waals surface area contributed by atoms with Crippen LogP contribution in [0.3, 0.4) is 0 Å². The van der Waals surface area contributed by atoms with E-state index in [1.54, 1.807) is 6.92 Å². The van der Waals surface area contributed by atoms with Gasteiger partial charge in [0.2, 0.25) is 15.9 Å². The Kier molecular flexibility index (Phi) is 5.02. The van der Waals surface area contributed by atoms with Crippen molar-refractivity contribution in [2.75, 3.05) is 11.9 Å². The van der Waals surface area contributed by atoms with E-state index in [4.69, 9.17) is 5.14 Å². The summed E-state index contributed by atoms with van der Waals surface area (Å²) in [5, 5.41) is 7.37. The molecule has 1 rings (SSSR count). The number of primary sulfonamides is 1. The van der Waals surface area contributed by atoms with Crippen LogP contribution in [0.15, 0.2) is 29.2 Å². The van der Waals surface area contributed by atoms with Gasteiger partial charge in [-0.2, -0.15) is 0 Å². The molecule has 1 amide bonds. The zero-order valence-electron chi connectivity index (χ0n) is 10.3. The molecule has 0 fully saturated rings. The lowest BCUT2D eigenvalue weighted by molar-refractivity contribution is -0.145. The molecule has 1 aromatic rings. The van der Waals surface area contributed by atoms with Gasteiger partial charge in [-0.1, -0.05) is 0 Å². The quantitative estimate of drug-likeness (QED) is 0.593. The van der Waals surface area contributed by atoms with Crippen molar-refractivity contribution in [1.82, 2.24) is 0 Å². The summed E-state index contributed by atoms with van der Waals surface area (Å²) in [6.07, 6.45) is -0.398. The lowest BCUT2D eigenvalue weighted by Crippen LogP contribution is -2.18. The van der Waals surface area contributed by atoms with E-state index in [2.05, 4.69) is 10.1 Å². The Morgan fingerprint density at radius 3 is 2.32 bits per heavy atom. The van der Waals surface area contributed by atoms with Gasteiger partial charge in [-0.3, -0.25) is 9.59 Å². The van der Waals surface area contributed by atoms with Crippen molar-refractivity contribution in [3.8, 4) is 0 Å². The smallest absolute Gasteiger partial charge is 0.315 e. The molecule has 1 aromatic carbocycles. The number of ether oxygens (including phenoxy) is 1. The van der Waals surface area contributed by atoms with E-state index in [1.165, 1.54) is 24.3 Å². The number of amides is 1. The molecular weight excluding hydrogens is 272 g/mol. The summed E-state index contributed by atoms with van der Waals surface area (Å²) in [4.78, 5) is 22.4. The number of esters is 1. The Morgan fingerprint density at radius 2 is 1.84 bits per heavy atom. The highest BCUT2D eigenvalue weighted by molar-refractivity contribution is 7.89. The molecule has 0 saturated carbocycles. The Bertz CT molecular complexity index is 565. The van der Waals surface area contributed by atoms with Gasteiger partial charge in [0.15, 0.2) is 0 Å². The molecule has 0 heterocycles. The fourth-order valence-electron chi connectivity index (χ4n) is 1.28. The minimum Gasteiger partial charge on any atom is -0.466 e. The van der Waals surface area contributed by atoms with E-state index < -0.39 is 28.3 Å². The standard InChI is InChI=1S/C11H14N2O5S/c1-2-18-11(15)7-10(14)13-8-3-5-9(6-4-8)19(12,16)17/h3-6H,2,7H2,1H3,(H,13,14)(H2,12,16,17). The third-order valence-electron chi connectivity index (χ3n) is 2.08. The topological polar surface area (TPSA) is 116 Å². The molecule has 0 aliphatic rings. The zero-order chi connectivity index (χ0) is 14.5. The Morgan fingerprint density at radius 1 is 1.26 bits per heavy atom. The zero-order valence-corrected chi connectivity index (χ0v) is 11.1. The SMILES string of the molecule is CCOC(=O)CC(=O)Nc1ccc(S(N)(=O)=O)cc1. The minimum absolute atomic E-state index is 0.0594. The van der Waals surface area contributed by atoms with Gasteiger partial charge >= 0.3 is 5.97 Å². The van der Waals surface area contributed by atoms with Crippen LogP contribution < -0.4 is 10.5 Å². The van der Waals surface area contributed by atoms with E-state index in [-0.39, 0.29) is 11.5 Å². The van der Waals surface area contributed by atoms with Crippen LogP contribution >= 0.6 is 0 Å². The van der Waals surface area contributed by atoms with Gasteiger partial charge in [-0.25, -0.2) is 13.6 Å². The lowest BCUT2D eigenvalue weighted by atomic mass is 10.3. The maximum atomic E-state index is 11.4. The van der Waals surface area contributed by atoms with Gasteiger partial charge in [0.05, 0.1) is 11.5 Å². The number of anilines is 1. The van der Waals surface area contributed by atoms with Crippen molar-refractivity contribution in [1.29, 1.82) is 0 Å². The van der Waals surface area contributed by atoms with Crippen molar-refractivity contribution in [2.24, 2.45) is 5.14 Å². The first-order valence-corrected chi connectivity index (χ1v) is 6.96. The van der Waals surface area contributed by atoms with Gasteiger partial charge in [0.1, 0.15) is 6.42 Å². The van der Waals surface area contributed by atoms with Gasteiger partial charge in [0.25, 0.3) is 0 Å². The second-order valence-electron chi connectivity index (χ2n) is 3.60. The summed E-state index contributed by atoms with van der Waals surface area (Å²) in [5.74, 6) is -1.16. The number of carbonyl (C=O) groups excluding carboxylic acids is 2. The van der Waals surface area contributed by atoms with Crippen LogP contribution in [-0.4, -0.2) is 26.9 Å². The van der Waals surface area contributed by atoms with Crippen molar-refractivity contribution in [3.05, 3.63) is 24.3 Å². The van der Waals surface area contributed by atoms with Gasteiger partial charge in [-0.15, -0.1) is 0 Å². The van der Waals surface area contributed by atoms with E-state index in [1.807, 2.05) is 0 Å². The maximum Gasteiger partial charge on any atom is 0.315 e. The molecule has 0 spiro atoms. The summed E-state index contributed by atoms with van der Waals surface area (Å²) >= 11 is 0. The fourth-order valence-corrected chi connectivity index (χ4v) is 1.79. The summed E-state index contributed by atoms with van der Waals surface area (Å²) < 4.78 is 26.6. The van der Waals surface area contributed by atoms with Gasteiger partial charge < -0.3 is 10.1 Å². The molecule has 0 radical (unpaired) electrons. The molecule has 0 aliphatic heterocycles. The van der Waals surface area contributed by atoms with E-state index in [9.17, 15) is 18.0 Å². The van der Waals surface area contributed by atoms with Crippen molar-refractivity contribution in [2.45, 2.75) is 18.2 Å². The van der Waals surface area contributed by atoms with Crippen LogP contribution in [0.5, 0.6) is 0 Å². The highest BCUT2D eigenvalue weighted by atomic mass is 32.2. The molecule has 7 nitrogen and oxygen atoms in total. The monoisotopic (exact) mass is 286 g/mol. The Labute approximate surface area is 110 Å². The molecule has 0 unspecified atom stereocenters. The second kappa shape index (κ2) is 6.30. The molecule has 8 heteroatoms. The Hall–Kier alpha value is -1.93. The largest absolute Gasteiger partial charge is 0.466 e. The summed E-state index contributed by atoms with van der Waals surface area (Å²) in [5.41, 5.74) is 0.363. The first kappa shape index (κ1) is 15.1. The molecule has 0 aliphatic carbocycles. The normalized spacial score (nSPS) is 10.8. The third-order valence-corrected chi connectivity index (χ3v) is 3.01. The Balaban J connectivity index is 2.63. The fraction of sp³-hybridized carbons (Fsp3) is 0.273. The number of carbonyl (C=O) groups is 2. The van der Waals surface area contributed by atoms with Crippen molar-refractivity contribution < 1.29 is 22.7 Å². The molecule has 19 heavy (non-hydrogen) atoms. The highest BCUT2D eigenvalue weighted by Gasteiger charge is 2.11. The first-order valence-electron chi connectivity index (χ1n) is 5.41. The molecule has 0 aromatic heterocycles. The predicted octanol–water partition coefficient (Wildman–Crippen LogP) is 0.226. The van der Waals surface area contributed by atoms with Crippen LogP contribution in [0.1, 0.15) is 13.3 Å². The second-order valence-corrected chi connectivity index (χ2v) is 5.16. The summed E-state index contributed by atoms with van der Waals surface area (Å²) in [6, 6.07) is 5.27. The van der Waals surface area contributed by atoms with Crippen LogP contribution in [-0.2, 0) is 24.3 Å². The van der Waals surface area contributed by atoms with Crippen LogP contribution in [0.25, 0.3) is 0 Å². The third kappa shape index (κ3) is 5.06. The van der Waals surface area contributed by atoms with Crippen LogP contribution in [0.4, 0.5) is 5.69 Å². The molecule has 3 N–H and O–H groups in total. The van der Waals surface area contributed by atoms with Gasteiger partial charge in [0, 0.05) is 5.69 Å². The van der Waals surface area contributed by atoms with Crippen molar-refractivity contribution in [3.63, 3.8) is 0 Å². The van der Waals surface area contributed by atoms with Crippen LogP contribution in [0, 0.1) is 0 Å². The van der Waals surface area contributed by atoms with E-state index in [0.717, 1.165) is 0 Å². The number of hydrogen-bond acceptors (Lipinski definition) is 5. The number of nitrogens with two attached hydrogens (primary N) is 1. The van der Waals surface area contributed by atoms with Crippen LogP contribution in [0.2, 0.25) is 0 Å². The molecule has 0 atom stereocenters. The maximum absolute atomic E-state index is 11.4. The molecule has 104 valence electrons. The predicted molar refractivity (Wildman–Crippen MR) is 67.7 cm³/mol. The number of benzene rings is 1. The minimum atomic E-state index is -3.76. The average molecular weight is 286 g/mol. The number of rotatable bonds is 5.